The quantitative estimate of drug-likeness (QED) is 0.0262. The fourth-order valence-electron chi connectivity index (χ4n) is 20.4. The lowest BCUT2D eigenvalue weighted by Crippen LogP contribution is -2.71. The molecule has 10 fully saturated rings. The van der Waals surface area contributed by atoms with E-state index in [1.54, 1.807) is 24.3 Å². The molecule has 0 amide bonds. The summed E-state index contributed by atoms with van der Waals surface area (Å²) in [6.07, 6.45) is -47.6. The number of ether oxygens (including phenoxy) is 14. The van der Waals surface area contributed by atoms with E-state index in [2.05, 4.69) is 20.8 Å². The van der Waals surface area contributed by atoms with Gasteiger partial charge in [0.15, 0.2) is 43.7 Å². The lowest BCUT2D eigenvalue weighted by molar-refractivity contribution is -0.392. The molecule has 110 heavy (non-hydrogen) atoms. The number of aliphatic hydroxyl groups excluding tert-OH is 17. The Kier molecular flexibility index (Phi) is 25.3. The van der Waals surface area contributed by atoms with Crippen LogP contribution in [0, 0.1) is 50.2 Å². The number of aliphatic carboxylic acids is 1. The van der Waals surface area contributed by atoms with Crippen molar-refractivity contribution in [3.8, 4) is 5.75 Å². The average Bonchev–Trinajstić information content (AvgIpc) is 0.668. The number of aliphatic hydroxyl groups is 17. The molecule has 35 heteroatoms. The van der Waals surface area contributed by atoms with Crippen molar-refractivity contribution in [3.05, 3.63) is 47.6 Å². The Bertz CT molecular complexity index is 3420. The molecule has 39 atom stereocenters. The van der Waals surface area contributed by atoms with E-state index in [-0.39, 0.29) is 38.5 Å². The van der Waals surface area contributed by atoms with Gasteiger partial charge in [0.25, 0.3) is 0 Å². The second-order valence-electron chi connectivity index (χ2n) is 33.7. The molecule has 1 unspecified atom stereocenters. The van der Waals surface area contributed by atoms with Crippen molar-refractivity contribution in [2.75, 3.05) is 33.5 Å². The monoisotopic (exact) mass is 1570 g/mol. The van der Waals surface area contributed by atoms with Gasteiger partial charge in [-0.15, -0.1) is 0 Å². The van der Waals surface area contributed by atoms with Crippen LogP contribution in [-0.2, 0) is 76.0 Å². The van der Waals surface area contributed by atoms with E-state index in [9.17, 15) is 102 Å². The van der Waals surface area contributed by atoms with Gasteiger partial charge in [0.05, 0.1) is 68.8 Å². The molecular formula is C75H112O35. The third-order valence-corrected chi connectivity index (χ3v) is 26.9. The second-order valence-corrected chi connectivity index (χ2v) is 33.7. The van der Waals surface area contributed by atoms with Crippen molar-refractivity contribution in [1.29, 1.82) is 0 Å². The average molecular weight is 1570 g/mol. The van der Waals surface area contributed by atoms with Gasteiger partial charge in [0, 0.05) is 11.5 Å². The molecule has 11 aliphatic rings. The number of allylic oxidation sites excluding steroid dienone is 1. The highest BCUT2D eigenvalue weighted by atomic mass is 16.8. The number of carboxylic acid groups (broad SMARTS) is 1. The van der Waals surface area contributed by atoms with Crippen LogP contribution in [-0.4, -0.2) is 334 Å². The highest BCUT2D eigenvalue weighted by molar-refractivity contribution is 5.87. The van der Waals surface area contributed by atoms with Crippen molar-refractivity contribution in [2.24, 2.45) is 50.2 Å². The van der Waals surface area contributed by atoms with Crippen molar-refractivity contribution in [2.45, 2.75) is 304 Å². The summed E-state index contributed by atoms with van der Waals surface area (Å²) in [5, 5.41) is 200. The molecule has 0 aromatic heterocycles. The highest BCUT2D eigenvalue weighted by Gasteiger charge is 2.74. The SMILES string of the molecule is COc1ccc(/C=C/C(=O)O[C@@H]2[C@H](O[C@@H]3O[C@@H](C)[C@H](O)[C@@H](O)[C@H]3O)[C@@H](O[C@@H]3O[C@@H](C)[C@H](O[C@@H]4OC[C@@H](O[C@@H]5O[C@H](CO)[C@H](O)[C@H](O)[C@H]5O)[C@H](O)[C@H]4O)[C@@H](O)[C@H]3O)[C@H](OC(=O)[C@]34CCC(C)(C)C[C@H]3C3=CC[C@@H]5[C@@]6(C)C[C@H](O)C(O[C@@H]7O[C@H](CO)[C@@H](O)[C@H](O)[C@H]7O)[C@@](C)(C(=O)O)[C@@H]6CC[C@@]5(C)[C@]3(CO)CC4)O[C@@H]2C)cc1. The standard InChI is InChI=1S/C75H112O35/c1-30-44(81)48(85)53(90)63(99-30)107-59-58(105-43(80)17-12-33-10-13-34(97-9)14-11-33)32(3)101-67(60(59)108-64-56(93)51(88)57(31(2)100-64)106-62-52(89)47(84)40(28-98-62)104-65-54(91)49(86)45(82)38(26-76)102-65)110-69(96)74-21-20-70(4,5)24-36(74)35-15-16-41-71(6)25-37(79)61(109-66-55(92)50(87)46(83)39(27-77)103-66)73(8,68(94)95)42(71)18-19-72(41,7)75(35,29-78)23-22-74/h10-15,17,30-32,36-42,44-67,76-79,81-93H,16,18-29H2,1-9H3,(H,94,95)/b17-12+/t30-,31-,32+,36-,37-,38+,39+,40+,41+,42+,44-,45-,46+,47-,48+,49-,50-,51-,52+,53+,54+,55+,56+,57-,58-,59-,60+,61?,62-,63-,64-,65-,66-,67-,71+,72+,73-,74-,75-/m0/s1. The lowest BCUT2D eigenvalue weighted by atomic mass is 9.33. The zero-order valence-corrected chi connectivity index (χ0v) is 62.9. The van der Waals surface area contributed by atoms with E-state index >= 15 is 4.79 Å². The Morgan fingerprint density at radius 2 is 1.06 bits per heavy atom. The molecular weight excluding hydrogens is 1460 g/mol. The first-order valence-corrected chi connectivity index (χ1v) is 38.0. The fourth-order valence-corrected chi connectivity index (χ4v) is 20.4. The minimum Gasteiger partial charge on any atom is -0.497 e. The van der Waals surface area contributed by atoms with Gasteiger partial charge in [-0.05, 0) is 143 Å². The van der Waals surface area contributed by atoms with Crippen LogP contribution >= 0.6 is 0 Å². The van der Waals surface area contributed by atoms with Crippen molar-refractivity contribution in [3.63, 3.8) is 0 Å². The van der Waals surface area contributed by atoms with E-state index in [0.29, 0.717) is 30.6 Å². The molecule has 0 radical (unpaired) electrons. The number of fused-ring (bicyclic) bond motifs is 7. The van der Waals surface area contributed by atoms with Gasteiger partial charge in [-0.2, -0.15) is 0 Å². The molecule has 0 spiro atoms. The Balaban J connectivity index is 0.857. The van der Waals surface area contributed by atoms with Crippen LogP contribution in [0.4, 0.5) is 0 Å². The maximum absolute atomic E-state index is 16.4. The number of hydrogen-bond acceptors (Lipinski definition) is 34. The van der Waals surface area contributed by atoms with E-state index in [1.165, 1.54) is 40.9 Å². The van der Waals surface area contributed by atoms with E-state index in [0.717, 1.165) is 11.6 Å². The molecule has 622 valence electrons. The molecule has 6 aliphatic heterocycles. The second kappa shape index (κ2) is 32.7. The first kappa shape index (κ1) is 85.2. The molecule has 6 heterocycles. The van der Waals surface area contributed by atoms with Gasteiger partial charge in [0.1, 0.15) is 122 Å². The number of methoxy groups -OCH3 is 1. The number of benzene rings is 1. The molecule has 1 aromatic rings. The molecule has 1 aromatic carbocycles. The van der Waals surface area contributed by atoms with Gasteiger partial charge in [-0.25, -0.2) is 4.79 Å². The number of carboxylic acids is 1. The summed E-state index contributed by atoms with van der Waals surface area (Å²) in [5.74, 6) is -4.46. The van der Waals surface area contributed by atoms with Crippen LogP contribution in [0.5, 0.6) is 5.75 Å². The van der Waals surface area contributed by atoms with E-state index in [4.69, 9.17) is 66.3 Å². The number of rotatable bonds is 20. The lowest BCUT2D eigenvalue weighted by Gasteiger charge is -2.71. The number of carbonyl (C=O) groups excluding carboxylic acids is 2. The highest BCUT2D eigenvalue weighted by Crippen LogP contribution is 2.76. The number of esters is 2. The maximum Gasteiger partial charge on any atom is 0.331 e. The predicted octanol–water partition coefficient (Wildman–Crippen LogP) is -3.38. The Labute approximate surface area is 635 Å². The maximum atomic E-state index is 16.4. The van der Waals surface area contributed by atoms with Crippen LogP contribution in [0.15, 0.2) is 42.0 Å². The first-order valence-electron chi connectivity index (χ1n) is 38.0. The third kappa shape index (κ3) is 15.0. The van der Waals surface area contributed by atoms with E-state index in [1.807, 2.05) is 13.0 Å². The summed E-state index contributed by atoms with van der Waals surface area (Å²) in [6, 6.07) is 6.64. The van der Waals surface area contributed by atoms with Gasteiger partial charge in [-0.3, -0.25) is 9.59 Å². The number of carbonyl (C=O) groups is 3. The zero-order valence-electron chi connectivity index (χ0n) is 62.9. The third-order valence-electron chi connectivity index (χ3n) is 26.9. The van der Waals surface area contributed by atoms with Crippen LogP contribution in [0.25, 0.3) is 6.08 Å². The summed E-state index contributed by atoms with van der Waals surface area (Å²) < 4.78 is 85.3. The van der Waals surface area contributed by atoms with Gasteiger partial charge in [-0.1, -0.05) is 51.5 Å². The van der Waals surface area contributed by atoms with Crippen LogP contribution in [0.1, 0.15) is 119 Å². The topological polar surface area (TPSA) is 545 Å². The van der Waals surface area contributed by atoms with Crippen LogP contribution in [0.2, 0.25) is 0 Å². The first-order chi connectivity index (χ1) is 51.8. The number of hydrogen-bond donors (Lipinski definition) is 18. The summed E-state index contributed by atoms with van der Waals surface area (Å²) in [4.78, 5) is 44.7. The van der Waals surface area contributed by atoms with E-state index < -0.39 is 285 Å². The fraction of sp³-hybridized carbons (Fsp3) is 0.827. The molecule has 6 saturated heterocycles. The van der Waals surface area contributed by atoms with Crippen molar-refractivity contribution >= 4 is 24.0 Å². The molecule has 5 aliphatic carbocycles. The Morgan fingerprint density at radius 3 is 1.66 bits per heavy atom. The summed E-state index contributed by atoms with van der Waals surface area (Å²) in [6.45, 7) is 11.2. The van der Waals surface area contributed by atoms with Crippen molar-refractivity contribution < 1.29 is 173 Å². The predicted molar refractivity (Wildman–Crippen MR) is 368 cm³/mol. The Morgan fingerprint density at radius 1 is 0.527 bits per heavy atom. The summed E-state index contributed by atoms with van der Waals surface area (Å²) in [5.41, 5.74) is -5.40. The van der Waals surface area contributed by atoms with Gasteiger partial charge >= 0.3 is 17.9 Å². The Hall–Kier alpha value is -4.21. The molecule has 0 bridgehead atoms. The smallest absolute Gasteiger partial charge is 0.331 e. The molecule has 12 rings (SSSR count). The largest absolute Gasteiger partial charge is 0.497 e. The minimum atomic E-state index is -2.18. The molecule has 35 nitrogen and oxygen atoms in total. The zero-order chi connectivity index (χ0) is 80.1. The normalized spacial score (nSPS) is 50.2. The van der Waals surface area contributed by atoms with Crippen molar-refractivity contribution in [1.82, 2.24) is 0 Å². The minimum absolute atomic E-state index is 0.0281. The van der Waals surface area contributed by atoms with Crippen LogP contribution in [0.3, 0.4) is 0 Å². The summed E-state index contributed by atoms with van der Waals surface area (Å²) in [7, 11) is 1.48. The molecule has 18 N–H and O–H groups in total. The molecule has 4 saturated carbocycles. The summed E-state index contributed by atoms with van der Waals surface area (Å²) >= 11 is 0. The van der Waals surface area contributed by atoms with Gasteiger partial charge in [0.2, 0.25) is 6.29 Å². The van der Waals surface area contributed by atoms with Crippen LogP contribution < -0.4 is 4.74 Å². The van der Waals surface area contributed by atoms with Gasteiger partial charge < -0.3 is 158 Å².